The Balaban J connectivity index is 2.31. The third-order valence-electron chi connectivity index (χ3n) is 2.79. The van der Waals surface area contributed by atoms with Crippen molar-refractivity contribution in [1.82, 2.24) is 0 Å². The van der Waals surface area contributed by atoms with Crippen molar-refractivity contribution in [2.24, 2.45) is 0 Å². The number of hydrogen-bond donors (Lipinski definition) is 0. The molecule has 0 fully saturated rings. The van der Waals surface area contributed by atoms with Crippen molar-refractivity contribution >= 4 is 29.0 Å². The second-order valence-electron chi connectivity index (χ2n) is 4.09. The van der Waals surface area contributed by atoms with Crippen LogP contribution in [0, 0.1) is 6.92 Å². The lowest BCUT2D eigenvalue weighted by atomic mass is 9.99. The Morgan fingerprint density at radius 1 is 1.11 bits per heavy atom. The molecule has 1 unspecified atom stereocenters. The van der Waals surface area contributed by atoms with E-state index in [1.54, 1.807) is 24.3 Å². The first-order valence-electron chi connectivity index (χ1n) is 5.59. The molecule has 0 saturated carbocycles. The van der Waals surface area contributed by atoms with Gasteiger partial charge in [0.1, 0.15) is 5.38 Å². The summed E-state index contributed by atoms with van der Waals surface area (Å²) in [4.78, 5) is 12.2. The summed E-state index contributed by atoms with van der Waals surface area (Å²) in [6.45, 7) is 1.90. The molecule has 1 atom stereocenters. The summed E-state index contributed by atoms with van der Waals surface area (Å²) in [6.07, 6.45) is 0. The minimum atomic E-state index is -0.676. The largest absolute Gasteiger partial charge is 0.292 e. The van der Waals surface area contributed by atoms with Gasteiger partial charge in [0.05, 0.1) is 0 Å². The first kappa shape index (κ1) is 13.1. The zero-order valence-electron chi connectivity index (χ0n) is 9.86. The summed E-state index contributed by atoms with van der Waals surface area (Å²) < 4.78 is 0. The summed E-state index contributed by atoms with van der Waals surface area (Å²) in [6, 6.07) is 14.4. The number of carbonyl (C=O) groups excluding carboxylic acids is 1. The molecule has 2 aromatic carbocycles. The van der Waals surface area contributed by atoms with Crippen molar-refractivity contribution in [3.63, 3.8) is 0 Å². The topological polar surface area (TPSA) is 17.1 Å². The monoisotopic (exact) mass is 278 g/mol. The number of carbonyl (C=O) groups is 1. The van der Waals surface area contributed by atoms with E-state index in [1.807, 2.05) is 31.2 Å². The lowest BCUT2D eigenvalue weighted by molar-refractivity contribution is 0.0987. The molecule has 0 amide bonds. The Morgan fingerprint density at radius 3 is 2.39 bits per heavy atom. The number of aryl methyl sites for hydroxylation is 1. The predicted octanol–water partition coefficient (Wildman–Crippen LogP) is 4.81. The molecule has 2 rings (SSSR count). The van der Waals surface area contributed by atoms with Crippen LogP contribution < -0.4 is 0 Å². The quantitative estimate of drug-likeness (QED) is 0.582. The molecule has 0 aliphatic carbocycles. The van der Waals surface area contributed by atoms with Crippen molar-refractivity contribution in [2.45, 2.75) is 12.3 Å². The maximum absolute atomic E-state index is 12.2. The van der Waals surface area contributed by atoms with Gasteiger partial charge in [0, 0.05) is 10.6 Å². The zero-order chi connectivity index (χ0) is 13.1. The van der Waals surface area contributed by atoms with Crippen molar-refractivity contribution in [3.8, 4) is 0 Å². The van der Waals surface area contributed by atoms with Gasteiger partial charge in [0.2, 0.25) is 0 Å². The van der Waals surface area contributed by atoms with E-state index in [4.69, 9.17) is 23.2 Å². The molecule has 0 spiro atoms. The van der Waals surface area contributed by atoms with Gasteiger partial charge in [0.25, 0.3) is 0 Å². The van der Waals surface area contributed by atoms with E-state index in [2.05, 4.69) is 0 Å². The number of ketones is 1. The Kier molecular flexibility index (Phi) is 4.05. The van der Waals surface area contributed by atoms with Gasteiger partial charge in [-0.2, -0.15) is 0 Å². The molecule has 0 bridgehead atoms. The van der Waals surface area contributed by atoms with Crippen molar-refractivity contribution in [2.75, 3.05) is 0 Å². The normalized spacial score (nSPS) is 12.2. The molecule has 2 aromatic rings. The second-order valence-corrected chi connectivity index (χ2v) is 4.97. The van der Waals surface area contributed by atoms with Crippen LogP contribution in [0.4, 0.5) is 0 Å². The first-order valence-corrected chi connectivity index (χ1v) is 6.40. The molecule has 3 heteroatoms. The summed E-state index contributed by atoms with van der Waals surface area (Å²) in [5.74, 6) is -0.0947. The summed E-state index contributed by atoms with van der Waals surface area (Å²) in [5, 5.41) is -0.0306. The predicted molar refractivity (Wildman–Crippen MR) is 75.6 cm³/mol. The highest BCUT2D eigenvalue weighted by Gasteiger charge is 2.20. The average molecular weight is 279 g/mol. The maximum atomic E-state index is 12.2. The minimum Gasteiger partial charge on any atom is -0.292 e. The van der Waals surface area contributed by atoms with E-state index < -0.39 is 5.38 Å². The zero-order valence-corrected chi connectivity index (χ0v) is 11.4. The molecule has 18 heavy (non-hydrogen) atoms. The molecule has 0 aliphatic heterocycles. The van der Waals surface area contributed by atoms with Crippen LogP contribution in [0.1, 0.15) is 26.9 Å². The van der Waals surface area contributed by atoms with Gasteiger partial charge in [-0.05, 0) is 30.2 Å². The SMILES string of the molecule is Cc1cc(Cl)ccc1C(Cl)C(=O)c1ccccc1. The maximum Gasteiger partial charge on any atom is 0.185 e. The van der Waals surface area contributed by atoms with Gasteiger partial charge in [-0.3, -0.25) is 4.79 Å². The Morgan fingerprint density at radius 2 is 1.78 bits per heavy atom. The average Bonchev–Trinajstić information content (AvgIpc) is 2.38. The highest BCUT2D eigenvalue weighted by atomic mass is 35.5. The van der Waals surface area contributed by atoms with Gasteiger partial charge < -0.3 is 0 Å². The lowest BCUT2D eigenvalue weighted by Crippen LogP contribution is -2.08. The van der Waals surface area contributed by atoms with Gasteiger partial charge in [0.15, 0.2) is 5.78 Å². The third kappa shape index (κ3) is 2.74. The Labute approximate surface area is 116 Å². The van der Waals surface area contributed by atoms with Crippen LogP contribution >= 0.6 is 23.2 Å². The lowest BCUT2D eigenvalue weighted by Gasteiger charge is -2.12. The highest BCUT2D eigenvalue weighted by molar-refractivity contribution is 6.34. The number of benzene rings is 2. The molecule has 0 aliphatic rings. The Bertz CT molecular complexity index is 564. The number of Topliss-reactive ketones (excluding diaryl/α,β-unsaturated/α-hetero) is 1. The van der Waals surface area contributed by atoms with E-state index in [-0.39, 0.29) is 5.78 Å². The molecule has 0 aromatic heterocycles. The smallest absolute Gasteiger partial charge is 0.185 e. The molecular formula is C15H12Cl2O. The summed E-state index contributed by atoms with van der Waals surface area (Å²) in [5.41, 5.74) is 2.34. The summed E-state index contributed by atoms with van der Waals surface area (Å²) >= 11 is 12.1. The van der Waals surface area contributed by atoms with E-state index in [1.165, 1.54) is 0 Å². The van der Waals surface area contributed by atoms with Gasteiger partial charge in [-0.25, -0.2) is 0 Å². The third-order valence-corrected chi connectivity index (χ3v) is 3.46. The molecule has 0 heterocycles. The fraction of sp³-hybridized carbons (Fsp3) is 0.133. The van der Waals surface area contributed by atoms with Crippen molar-refractivity contribution < 1.29 is 4.79 Å². The number of halogens is 2. The first-order chi connectivity index (χ1) is 8.59. The van der Waals surface area contributed by atoms with Crippen LogP contribution in [-0.2, 0) is 0 Å². The molecule has 92 valence electrons. The highest BCUT2D eigenvalue weighted by Crippen LogP contribution is 2.29. The fourth-order valence-corrected chi connectivity index (χ4v) is 2.41. The van der Waals surface area contributed by atoms with E-state index in [0.29, 0.717) is 10.6 Å². The van der Waals surface area contributed by atoms with E-state index >= 15 is 0 Å². The van der Waals surface area contributed by atoms with Crippen LogP contribution in [-0.4, -0.2) is 5.78 Å². The molecule has 1 nitrogen and oxygen atoms in total. The van der Waals surface area contributed by atoms with Crippen LogP contribution in [0.2, 0.25) is 5.02 Å². The van der Waals surface area contributed by atoms with Crippen LogP contribution in [0.15, 0.2) is 48.5 Å². The number of alkyl halides is 1. The van der Waals surface area contributed by atoms with Crippen molar-refractivity contribution in [3.05, 3.63) is 70.2 Å². The molecular weight excluding hydrogens is 267 g/mol. The van der Waals surface area contributed by atoms with E-state index in [9.17, 15) is 4.79 Å². The number of hydrogen-bond acceptors (Lipinski definition) is 1. The Hall–Kier alpha value is -1.31. The standard InChI is InChI=1S/C15H12Cl2O/c1-10-9-12(16)7-8-13(10)14(17)15(18)11-5-3-2-4-6-11/h2-9,14H,1H3. The number of rotatable bonds is 3. The van der Waals surface area contributed by atoms with E-state index in [0.717, 1.165) is 11.1 Å². The van der Waals surface area contributed by atoms with Crippen LogP contribution in [0.3, 0.4) is 0 Å². The van der Waals surface area contributed by atoms with Crippen molar-refractivity contribution in [1.29, 1.82) is 0 Å². The fourth-order valence-electron chi connectivity index (χ4n) is 1.81. The van der Waals surface area contributed by atoms with Gasteiger partial charge in [-0.15, -0.1) is 11.6 Å². The molecule has 0 N–H and O–H groups in total. The van der Waals surface area contributed by atoms with Crippen LogP contribution in [0.25, 0.3) is 0 Å². The summed E-state index contributed by atoms with van der Waals surface area (Å²) in [7, 11) is 0. The second kappa shape index (κ2) is 5.55. The van der Waals surface area contributed by atoms with Crippen LogP contribution in [0.5, 0.6) is 0 Å². The van der Waals surface area contributed by atoms with Gasteiger partial charge >= 0.3 is 0 Å². The minimum absolute atomic E-state index is 0.0947. The molecule has 0 saturated heterocycles. The van der Waals surface area contributed by atoms with Gasteiger partial charge in [-0.1, -0.05) is 48.0 Å². The molecule has 0 radical (unpaired) electrons.